The third-order valence-corrected chi connectivity index (χ3v) is 3.96. The summed E-state index contributed by atoms with van der Waals surface area (Å²) in [5.41, 5.74) is 2.41. The minimum absolute atomic E-state index is 0.00346. The smallest absolute Gasteiger partial charge is 0.292 e. The molecule has 0 saturated heterocycles. The lowest BCUT2D eigenvalue weighted by Gasteiger charge is -2.21. The first-order chi connectivity index (χ1) is 11.6. The van der Waals surface area contributed by atoms with Crippen molar-refractivity contribution >= 4 is 23.0 Å². The summed E-state index contributed by atoms with van der Waals surface area (Å²) in [5, 5.41) is 15.0. The molecule has 24 heavy (non-hydrogen) atoms. The Balaban J connectivity index is 2.05. The highest BCUT2D eigenvalue weighted by Gasteiger charge is 2.20. The number of halogens is 1. The zero-order valence-electron chi connectivity index (χ0n) is 12.7. The van der Waals surface area contributed by atoms with Crippen molar-refractivity contribution in [2.24, 2.45) is 0 Å². The predicted molar refractivity (Wildman–Crippen MR) is 96.5 cm³/mol. The van der Waals surface area contributed by atoms with Gasteiger partial charge in [0.15, 0.2) is 0 Å². The molecule has 0 fully saturated rings. The summed E-state index contributed by atoms with van der Waals surface area (Å²) >= 11 is 6.03. The Morgan fingerprint density at radius 3 is 1.92 bits per heavy atom. The third kappa shape index (κ3) is 3.55. The molecule has 120 valence electrons. The van der Waals surface area contributed by atoms with E-state index in [9.17, 15) is 10.1 Å². The molecular formula is C19H15ClN2O2. The minimum Gasteiger partial charge on any atom is -0.369 e. The van der Waals surface area contributed by atoms with Crippen LogP contribution >= 0.6 is 11.6 Å². The molecule has 0 aliphatic rings. The molecular weight excluding hydrogens is 324 g/mol. The van der Waals surface area contributed by atoms with Crippen LogP contribution in [0.25, 0.3) is 0 Å². The maximum atomic E-state index is 11.3. The van der Waals surface area contributed by atoms with E-state index in [2.05, 4.69) is 5.32 Å². The Labute approximate surface area is 144 Å². The van der Waals surface area contributed by atoms with Gasteiger partial charge in [0.05, 0.1) is 11.0 Å². The molecule has 3 rings (SSSR count). The maximum Gasteiger partial charge on any atom is 0.292 e. The Morgan fingerprint density at radius 2 is 1.42 bits per heavy atom. The SMILES string of the molecule is O=[N+]([O-])c1ccc(Cl)cc1NC(c1ccccc1)c1ccccc1. The molecule has 0 saturated carbocycles. The summed E-state index contributed by atoms with van der Waals surface area (Å²) in [4.78, 5) is 10.9. The van der Waals surface area contributed by atoms with Crippen LogP contribution in [-0.4, -0.2) is 4.92 Å². The van der Waals surface area contributed by atoms with Crippen LogP contribution in [0.4, 0.5) is 11.4 Å². The molecule has 1 N–H and O–H groups in total. The van der Waals surface area contributed by atoms with Crippen molar-refractivity contribution in [2.75, 3.05) is 5.32 Å². The van der Waals surface area contributed by atoms with E-state index in [1.54, 1.807) is 6.07 Å². The summed E-state index contributed by atoms with van der Waals surface area (Å²) < 4.78 is 0. The molecule has 0 radical (unpaired) electrons. The fourth-order valence-corrected chi connectivity index (χ4v) is 2.76. The number of hydrogen-bond acceptors (Lipinski definition) is 3. The molecule has 0 heterocycles. The average molecular weight is 339 g/mol. The monoisotopic (exact) mass is 338 g/mol. The van der Waals surface area contributed by atoms with Crippen molar-refractivity contribution in [3.63, 3.8) is 0 Å². The van der Waals surface area contributed by atoms with Gasteiger partial charge in [0.1, 0.15) is 5.69 Å². The van der Waals surface area contributed by atoms with E-state index in [1.807, 2.05) is 60.7 Å². The van der Waals surface area contributed by atoms with E-state index < -0.39 is 4.92 Å². The van der Waals surface area contributed by atoms with Crippen molar-refractivity contribution in [1.82, 2.24) is 0 Å². The maximum absolute atomic E-state index is 11.3. The van der Waals surface area contributed by atoms with Crippen LogP contribution in [0.5, 0.6) is 0 Å². The van der Waals surface area contributed by atoms with E-state index in [-0.39, 0.29) is 11.7 Å². The second kappa shape index (κ2) is 7.15. The molecule has 3 aromatic rings. The zero-order valence-corrected chi connectivity index (χ0v) is 13.5. The van der Waals surface area contributed by atoms with Crippen LogP contribution in [-0.2, 0) is 0 Å². The topological polar surface area (TPSA) is 55.2 Å². The second-order valence-electron chi connectivity index (χ2n) is 5.32. The number of anilines is 1. The largest absolute Gasteiger partial charge is 0.369 e. The van der Waals surface area contributed by atoms with Gasteiger partial charge >= 0.3 is 0 Å². The van der Waals surface area contributed by atoms with Gasteiger partial charge in [-0.3, -0.25) is 10.1 Å². The molecule has 0 spiro atoms. The number of nitro groups is 1. The highest BCUT2D eigenvalue weighted by atomic mass is 35.5. The summed E-state index contributed by atoms with van der Waals surface area (Å²) in [6, 6.07) is 23.9. The van der Waals surface area contributed by atoms with Crippen LogP contribution in [0.2, 0.25) is 5.02 Å². The third-order valence-electron chi connectivity index (χ3n) is 3.72. The lowest BCUT2D eigenvalue weighted by Crippen LogP contribution is -2.13. The molecule has 4 nitrogen and oxygen atoms in total. The molecule has 0 aromatic heterocycles. The van der Waals surface area contributed by atoms with Crippen LogP contribution < -0.4 is 5.32 Å². The molecule has 0 aliphatic heterocycles. The normalized spacial score (nSPS) is 10.6. The highest BCUT2D eigenvalue weighted by Crippen LogP contribution is 2.33. The van der Waals surface area contributed by atoms with Crippen LogP contribution in [0.15, 0.2) is 78.9 Å². The molecule has 0 amide bonds. The van der Waals surface area contributed by atoms with Crippen molar-refractivity contribution in [2.45, 2.75) is 6.04 Å². The van der Waals surface area contributed by atoms with Gasteiger partial charge in [-0.05, 0) is 23.3 Å². The number of nitro benzene ring substituents is 1. The van der Waals surface area contributed by atoms with Gasteiger partial charge in [0.25, 0.3) is 5.69 Å². The Morgan fingerprint density at radius 1 is 0.875 bits per heavy atom. The number of nitrogens with zero attached hydrogens (tertiary/aromatic N) is 1. The molecule has 0 bridgehead atoms. The minimum atomic E-state index is -0.411. The molecule has 0 unspecified atom stereocenters. The molecule has 0 atom stereocenters. The van der Waals surface area contributed by atoms with Crippen LogP contribution in [0, 0.1) is 10.1 Å². The summed E-state index contributed by atoms with van der Waals surface area (Å²) in [5.74, 6) is 0. The van der Waals surface area contributed by atoms with E-state index in [4.69, 9.17) is 11.6 Å². The lowest BCUT2D eigenvalue weighted by molar-refractivity contribution is -0.384. The van der Waals surface area contributed by atoms with E-state index in [1.165, 1.54) is 12.1 Å². The zero-order chi connectivity index (χ0) is 16.9. The fourth-order valence-electron chi connectivity index (χ4n) is 2.59. The Kier molecular flexibility index (Phi) is 4.77. The van der Waals surface area contributed by atoms with Crippen molar-refractivity contribution in [3.8, 4) is 0 Å². The standard InChI is InChI=1S/C19H15ClN2O2/c20-16-11-12-18(22(23)24)17(13-16)21-19(14-7-3-1-4-8-14)15-9-5-2-6-10-15/h1-13,19,21H. The number of hydrogen-bond donors (Lipinski definition) is 1. The number of nitrogens with one attached hydrogen (secondary N) is 1. The van der Waals surface area contributed by atoms with Crippen LogP contribution in [0.1, 0.15) is 17.2 Å². The van der Waals surface area contributed by atoms with Gasteiger partial charge in [0.2, 0.25) is 0 Å². The average Bonchev–Trinajstić information content (AvgIpc) is 2.61. The van der Waals surface area contributed by atoms with Gasteiger partial charge < -0.3 is 5.32 Å². The van der Waals surface area contributed by atoms with Crippen LogP contribution in [0.3, 0.4) is 0 Å². The predicted octanol–water partition coefficient (Wildman–Crippen LogP) is 5.45. The molecule has 5 heteroatoms. The van der Waals surface area contributed by atoms with Gasteiger partial charge in [-0.1, -0.05) is 72.3 Å². The fraction of sp³-hybridized carbons (Fsp3) is 0.0526. The summed E-state index contributed by atoms with van der Waals surface area (Å²) in [7, 11) is 0. The van der Waals surface area contributed by atoms with Gasteiger partial charge in [-0.2, -0.15) is 0 Å². The van der Waals surface area contributed by atoms with E-state index in [0.29, 0.717) is 10.7 Å². The molecule has 0 aliphatic carbocycles. The van der Waals surface area contributed by atoms with Gasteiger partial charge in [-0.15, -0.1) is 0 Å². The first-order valence-corrected chi connectivity index (χ1v) is 7.83. The number of rotatable bonds is 5. The van der Waals surface area contributed by atoms with Gasteiger partial charge in [0, 0.05) is 11.1 Å². The van der Waals surface area contributed by atoms with Crippen molar-refractivity contribution in [1.29, 1.82) is 0 Å². The first-order valence-electron chi connectivity index (χ1n) is 7.45. The van der Waals surface area contributed by atoms with E-state index in [0.717, 1.165) is 11.1 Å². The lowest BCUT2D eigenvalue weighted by atomic mass is 9.98. The van der Waals surface area contributed by atoms with Crippen molar-refractivity contribution < 1.29 is 4.92 Å². The highest BCUT2D eigenvalue weighted by molar-refractivity contribution is 6.31. The molecule has 3 aromatic carbocycles. The van der Waals surface area contributed by atoms with Gasteiger partial charge in [-0.25, -0.2) is 0 Å². The summed E-state index contributed by atoms with van der Waals surface area (Å²) in [6.07, 6.45) is 0. The Hall–Kier alpha value is -2.85. The Bertz CT molecular complexity index is 799. The quantitative estimate of drug-likeness (QED) is 0.497. The number of benzene rings is 3. The second-order valence-corrected chi connectivity index (χ2v) is 5.75. The summed E-state index contributed by atoms with van der Waals surface area (Å²) in [6.45, 7) is 0. The van der Waals surface area contributed by atoms with Crippen molar-refractivity contribution in [3.05, 3.63) is 105 Å². The van der Waals surface area contributed by atoms with E-state index >= 15 is 0 Å². The first kappa shape index (κ1) is 16.0.